The van der Waals surface area contributed by atoms with Crippen LogP contribution in [0.4, 0.5) is 5.69 Å². The highest BCUT2D eigenvalue weighted by molar-refractivity contribution is 6.33. The summed E-state index contributed by atoms with van der Waals surface area (Å²) in [6.07, 6.45) is 3.78. The predicted molar refractivity (Wildman–Crippen MR) is 79.2 cm³/mol. The van der Waals surface area contributed by atoms with Crippen molar-refractivity contribution in [2.75, 3.05) is 5.73 Å². The van der Waals surface area contributed by atoms with Crippen LogP contribution in [0.1, 0.15) is 26.2 Å². The number of para-hydroxylation sites is 1. The molecule has 1 aliphatic carbocycles. The molecule has 1 heterocycles. The fraction of sp³-hybridized carbons (Fsp3) is 0.500. The molecule has 3 rings (SSSR count). The minimum atomic E-state index is 0.532. The number of hydrogen-bond donors (Lipinski definition) is 1. The Kier molecular flexibility index (Phi) is 3.61. The van der Waals surface area contributed by atoms with Gasteiger partial charge in [-0.25, -0.2) is 4.68 Å². The highest BCUT2D eigenvalue weighted by atomic mass is 35.5. The monoisotopic (exact) mass is 291 g/mol. The van der Waals surface area contributed by atoms with Crippen molar-refractivity contribution in [3.8, 4) is 11.4 Å². The van der Waals surface area contributed by atoms with E-state index in [2.05, 4.69) is 22.4 Å². The summed E-state index contributed by atoms with van der Waals surface area (Å²) in [6.45, 7) is 3.15. The molecule has 106 valence electrons. The van der Waals surface area contributed by atoms with Crippen LogP contribution in [-0.4, -0.2) is 20.2 Å². The number of nitrogens with two attached hydrogens (primary N) is 1. The molecule has 1 fully saturated rings. The van der Waals surface area contributed by atoms with Gasteiger partial charge in [0, 0.05) is 12.1 Å². The molecular weight excluding hydrogens is 274 g/mol. The van der Waals surface area contributed by atoms with Gasteiger partial charge in [-0.3, -0.25) is 0 Å². The van der Waals surface area contributed by atoms with Gasteiger partial charge in [0.2, 0.25) is 0 Å². The van der Waals surface area contributed by atoms with Gasteiger partial charge in [0.15, 0.2) is 5.82 Å². The molecule has 0 saturated heterocycles. The van der Waals surface area contributed by atoms with E-state index in [0.29, 0.717) is 22.5 Å². The molecule has 1 aromatic heterocycles. The molecule has 5 nitrogen and oxygen atoms in total. The fourth-order valence-corrected chi connectivity index (χ4v) is 3.16. The van der Waals surface area contributed by atoms with Gasteiger partial charge in [0.25, 0.3) is 0 Å². The SMILES string of the molecule is CC1CCC(Cn2nnnc2-c2cccc(Cl)c2N)C1. The first-order valence-corrected chi connectivity index (χ1v) is 7.33. The van der Waals surface area contributed by atoms with Gasteiger partial charge < -0.3 is 5.73 Å². The number of hydrogen-bond acceptors (Lipinski definition) is 4. The van der Waals surface area contributed by atoms with E-state index in [0.717, 1.165) is 18.0 Å². The van der Waals surface area contributed by atoms with Crippen molar-refractivity contribution >= 4 is 17.3 Å². The number of benzene rings is 1. The molecule has 1 saturated carbocycles. The van der Waals surface area contributed by atoms with E-state index in [-0.39, 0.29) is 0 Å². The topological polar surface area (TPSA) is 69.6 Å². The van der Waals surface area contributed by atoms with Gasteiger partial charge in [-0.1, -0.05) is 31.0 Å². The molecule has 20 heavy (non-hydrogen) atoms. The van der Waals surface area contributed by atoms with Crippen molar-refractivity contribution in [2.24, 2.45) is 11.8 Å². The minimum absolute atomic E-state index is 0.532. The summed E-state index contributed by atoms with van der Waals surface area (Å²) in [7, 11) is 0. The van der Waals surface area contributed by atoms with Crippen LogP contribution < -0.4 is 5.73 Å². The molecule has 6 heteroatoms. The van der Waals surface area contributed by atoms with Gasteiger partial charge in [-0.05, 0) is 47.2 Å². The summed E-state index contributed by atoms with van der Waals surface area (Å²) >= 11 is 6.07. The molecule has 0 spiro atoms. The zero-order chi connectivity index (χ0) is 14.1. The Morgan fingerprint density at radius 2 is 2.25 bits per heavy atom. The average Bonchev–Trinajstić information content (AvgIpc) is 3.03. The van der Waals surface area contributed by atoms with E-state index < -0.39 is 0 Å². The van der Waals surface area contributed by atoms with Crippen LogP contribution in [0.2, 0.25) is 5.02 Å². The molecule has 0 amide bonds. The highest BCUT2D eigenvalue weighted by Gasteiger charge is 2.24. The summed E-state index contributed by atoms with van der Waals surface area (Å²) in [5.74, 6) is 2.15. The van der Waals surface area contributed by atoms with Crippen LogP contribution >= 0.6 is 11.6 Å². The number of anilines is 1. The van der Waals surface area contributed by atoms with Crippen LogP contribution in [0.5, 0.6) is 0 Å². The minimum Gasteiger partial charge on any atom is -0.397 e. The fourth-order valence-electron chi connectivity index (χ4n) is 2.99. The molecule has 2 unspecified atom stereocenters. The first-order valence-electron chi connectivity index (χ1n) is 6.95. The molecule has 2 N–H and O–H groups in total. The van der Waals surface area contributed by atoms with Gasteiger partial charge >= 0.3 is 0 Å². The van der Waals surface area contributed by atoms with Gasteiger partial charge in [0.1, 0.15) is 0 Å². The largest absolute Gasteiger partial charge is 0.397 e. The van der Waals surface area contributed by atoms with E-state index in [4.69, 9.17) is 17.3 Å². The molecule has 0 aliphatic heterocycles. The molecule has 0 radical (unpaired) electrons. The summed E-state index contributed by atoms with van der Waals surface area (Å²) in [5.41, 5.74) is 7.36. The summed E-state index contributed by atoms with van der Waals surface area (Å²) < 4.78 is 1.85. The standard InChI is InChI=1S/C14H18ClN5/c1-9-5-6-10(7-9)8-20-14(17-18-19-20)11-3-2-4-12(15)13(11)16/h2-4,9-10H,5-8,16H2,1H3. The third-order valence-corrected chi connectivity index (χ3v) is 4.39. The van der Waals surface area contributed by atoms with Crippen LogP contribution in [0.25, 0.3) is 11.4 Å². The Balaban J connectivity index is 1.88. The Morgan fingerprint density at radius 1 is 1.40 bits per heavy atom. The van der Waals surface area contributed by atoms with Crippen LogP contribution in [0, 0.1) is 11.8 Å². The molecule has 1 aromatic carbocycles. The molecule has 2 aromatic rings. The van der Waals surface area contributed by atoms with Gasteiger partial charge in [0.05, 0.1) is 10.7 Å². The van der Waals surface area contributed by atoms with Gasteiger partial charge in [-0.15, -0.1) is 5.10 Å². The third-order valence-electron chi connectivity index (χ3n) is 4.06. The van der Waals surface area contributed by atoms with Crippen LogP contribution in [0.15, 0.2) is 18.2 Å². The second-order valence-corrected chi connectivity index (χ2v) is 6.08. The lowest BCUT2D eigenvalue weighted by molar-refractivity contribution is 0.412. The summed E-state index contributed by atoms with van der Waals surface area (Å²) in [6, 6.07) is 5.54. The third kappa shape index (κ3) is 2.50. The van der Waals surface area contributed by atoms with Crippen LogP contribution in [0.3, 0.4) is 0 Å². The van der Waals surface area contributed by atoms with Crippen molar-refractivity contribution in [3.63, 3.8) is 0 Å². The van der Waals surface area contributed by atoms with Crippen LogP contribution in [-0.2, 0) is 6.54 Å². The first kappa shape index (κ1) is 13.4. The maximum Gasteiger partial charge on any atom is 0.184 e. The van der Waals surface area contributed by atoms with Crippen molar-refractivity contribution < 1.29 is 0 Å². The van der Waals surface area contributed by atoms with E-state index in [1.807, 2.05) is 16.8 Å². The number of halogens is 1. The first-order chi connectivity index (χ1) is 9.65. The van der Waals surface area contributed by atoms with Crippen molar-refractivity contribution in [3.05, 3.63) is 23.2 Å². The van der Waals surface area contributed by atoms with Crippen molar-refractivity contribution in [2.45, 2.75) is 32.7 Å². The normalized spacial score (nSPS) is 22.3. The molecular formula is C14H18ClN5. The lowest BCUT2D eigenvalue weighted by Crippen LogP contribution is -2.11. The smallest absolute Gasteiger partial charge is 0.184 e. The maximum atomic E-state index is 6.07. The Morgan fingerprint density at radius 3 is 3.00 bits per heavy atom. The summed E-state index contributed by atoms with van der Waals surface area (Å²) in [4.78, 5) is 0. The van der Waals surface area contributed by atoms with Gasteiger partial charge in [-0.2, -0.15) is 0 Å². The Bertz CT molecular complexity index is 609. The number of aromatic nitrogens is 4. The quantitative estimate of drug-likeness (QED) is 0.883. The second kappa shape index (κ2) is 5.40. The Labute approximate surface area is 123 Å². The number of rotatable bonds is 3. The number of nitrogen functional groups attached to an aromatic ring is 1. The number of tetrazole rings is 1. The van der Waals surface area contributed by atoms with E-state index in [1.54, 1.807) is 6.07 Å². The van der Waals surface area contributed by atoms with E-state index in [1.165, 1.54) is 19.3 Å². The number of nitrogens with zero attached hydrogens (tertiary/aromatic N) is 4. The van der Waals surface area contributed by atoms with E-state index >= 15 is 0 Å². The zero-order valence-electron chi connectivity index (χ0n) is 11.5. The maximum absolute atomic E-state index is 6.07. The van der Waals surface area contributed by atoms with Crippen molar-refractivity contribution in [1.82, 2.24) is 20.2 Å². The highest BCUT2D eigenvalue weighted by Crippen LogP contribution is 2.33. The van der Waals surface area contributed by atoms with E-state index in [9.17, 15) is 0 Å². The predicted octanol–water partition coefficient (Wildman–Crippen LogP) is 3.01. The van der Waals surface area contributed by atoms with Crippen molar-refractivity contribution in [1.29, 1.82) is 0 Å². The molecule has 1 aliphatic rings. The lowest BCUT2D eigenvalue weighted by atomic mass is 10.1. The lowest BCUT2D eigenvalue weighted by Gasteiger charge is -2.12. The second-order valence-electron chi connectivity index (χ2n) is 5.67. The molecule has 2 atom stereocenters. The molecule has 0 bridgehead atoms. The average molecular weight is 292 g/mol. The summed E-state index contributed by atoms with van der Waals surface area (Å²) in [5, 5.41) is 12.5. The zero-order valence-corrected chi connectivity index (χ0v) is 12.2. The Hall–Kier alpha value is -1.62.